The van der Waals surface area contributed by atoms with Gasteiger partial charge in [0.15, 0.2) is 0 Å². The smallest absolute Gasteiger partial charge is 0.327 e. The first-order valence-electron chi connectivity index (χ1n) is 4.42. The van der Waals surface area contributed by atoms with E-state index in [0.29, 0.717) is 6.54 Å². The second kappa shape index (κ2) is 6.53. The van der Waals surface area contributed by atoms with Crippen LogP contribution in [0.5, 0.6) is 0 Å². The third-order valence-corrected chi connectivity index (χ3v) is 1.53. The van der Waals surface area contributed by atoms with Gasteiger partial charge in [0, 0.05) is 24.8 Å². The van der Waals surface area contributed by atoms with E-state index < -0.39 is 5.97 Å². The SMILES string of the molecule is C/C=C/C(=O)O.CCN1C(=O)C=CC1=O. The lowest BCUT2D eigenvalue weighted by Crippen LogP contribution is -2.29. The Morgan fingerprint density at radius 3 is 2.00 bits per heavy atom. The molecule has 1 rings (SSSR count). The molecule has 1 N–H and O–H groups in total. The van der Waals surface area contributed by atoms with Gasteiger partial charge in [0.1, 0.15) is 0 Å². The van der Waals surface area contributed by atoms with Crippen LogP contribution in [0.3, 0.4) is 0 Å². The number of likely N-dealkylation sites (N-methyl/N-ethyl adjacent to an activating group) is 1. The van der Waals surface area contributed by atoms with E-state index in [-0.39, 0.29) is 11.8 Å². The van der Waals surface area contributed by atoms with Crippen LogP contribution in [0, 0.1) is 0 Å². The van der Waals surface area contributed by atoms with Crippen LogP contribution in [0.1, 0.15) is 13.8 Å². The lowest BCUT2D eigenvalue weighted by molar-refractivity contribution is -0.136. The summed E-state index contributed by atoms with van der Waals surface area (Å²) >= 11 is 0. The van der Waals surface area contributed by atoms with Crippen molar-refractivity contribution >= 4 is 17.8 Å². The number of allylic oxidation sites excluding steroid dienone is 1. The van der Waals surface area contributed by atoms with Gasteiger partial charge in [-0.3, -0.25) is 14.5 Å². The maximum absolute atomic E-state index is 10.6. The maximum atomic E-state index is 10.6. The van der Waals surface area contributed by atoms with Crippen LogP contribution in [0.4, 0.5) is 0 Å². The first-order chi connectivity index (χ1) is 7.02. The fraction of sp³-hybridized carbons (Fsp3) is 0.300. The Balaban J connectivity index is 0.000000288. The number of carbonyl (C=O) groups excluding carboxylic acids is 2. The summed E-state index contributed by atoms with van der Waals surface area (Å²) in [6.45, 7) is 3.89. The first kappa shape index (κ1) is 13.1. The lowest BCUT2D eigenvalue weighted by Gasteiger charge is -2.08. The zero-order valence-corrected chi connectivity index (χ0v) is 8.64. The van der Waals surface area contributed by atoms with Crippen LogP contribution in [0.25, 0.3) is 0 Å². The van der Waals surface area contributed by atoms with Gasteiger partial charge in [-0.1, -0.05) is 6.08 Å². The number of carbonyl (C=O) groups is 3. The number of hydrogen-bond donors (Lipinski definition) is 1. The third kappa shape index (κ3) is 4.75. The van der Waals surface area contributed by atoms with Crippen molar-refractivity contribution in [1.29, 1.82) is 0 Å². The molecule has 1 aliphatic heterocycles. The van der Waals surface area contributed by atoms with Crippen LogP contribution in [-0.4, -0.2) is 34.3 Å². The van der Waals surface area contributed by atoms with Crippen molar-refractivity contribution in [3.05, 3.63) is 24.3 Å². The fourth-order valence-electron chi connectivity index (χ4n) is 0.885. The van der Waals surface area contributed by atoms with Crippen molar-refractivity contribution in [2.24, 2.45) is 0 Å². The van der Waals surface area contributed by atoms with Crippen molar-refractivity contribution in [3.63, 3.8) is 0 Å². The van der Waals surface area contributed by atoms with Crippen molar-refractivity contribution in [2.75, 3.05) is 6.54 Å². The number of carboxylic acids is 1. The normalized spacial score (nSPS) is 14.4. The van der Waals surface area contributed by atoms with Gasteiger partial charge < -0.3 is 5.11 Å². The van der Waals surface area contributed by atoms with Gasteiger partial charge in [0.2, 0.25) is 0 Å². The molecule has 0 spiro atoms. The molecule has 0 atom stereocenters. The van der Waals surface area contributed by atoms with E-state index in [1.807, 2.05) is 0 Å². The average Bonchev–Trinajstić information content (AvgIpc) is 2.46. The molecule has 0 aliphatic carbocycles. The van der Waals surface area contributed by atoms with Crippen molar-refractivity contribution in [1.82, 2.24) is 4.90 Å². The van der Waals surface area contributed by atoms with Gasteiger partial charge >= 0.3 is 5.97 Å². The number of amides is 2. The van der Waals surface area contributed by atoms with Crippen LogP contribution < -0.4 is 0 Å². The number of hydrogen-bond acceptors (Lipinski definition) is 3. The molecule has 1 aliphatic rings. The van der Waals surface area contributed by atoms with E-state index in [4.69, 9.17) is 5.11 Å². The standard InChI is InChI=1S/C6H7NO2.C4H6O2/c1-2-7-5(8)3-4-6(7)9;1-2-3-4(5)6/h3-4H,2H2,1H3;2-3H,1H3,(H,5,6)/b;3-2+. The van der Waals surface area contributed by atoms with E-state index in [0.717, 1.165) is 6.08 Å². The predicted molar refractivity (Wildman–Crippen MR) is 54.0 cm³/mol. The zero-order chi connectivity index (χ0) is 11.8. The van der Waals surface area contributed by atoms with Gasteiger partial charge in [-0.25, -0.2) is 4.79 Å². The van der Waals surface area contributed by atoms with Gasteiger partial charge in [-0.15, -0.1) is 0 Å². The monoisotopic (exact) mass is 211 g/mol. The van der Waals surface area contributed by atoms with Gasteiger partial charge in [0.05, 0.1) is 0 Å². The quantitative estimate of drug-likeness (QED) is 0.535. The lowest BCUT2D eigenvalue weighted by atomic mass is 10.5. The molecule has 0 aromatic carbocycles. The molecule has 0 aromatic heterocycles. The highest BCUT2D eigenvalue weighted by molar-refractivity contribution is 6.12. The second-order valence-electron chi connectivity index (χ2n) is 2.59. The Morgan fingerprint density at radius 1 is 1.40 bits per heavy atom. The van der Waals surface area contributed by atoms with E-state index in [2.05, 4.69) is 0 Å². The van der Waals surface area contributed by atoms with Gasteiger partial charge in [0.25, 0.3) is 11.8 Å². The molecular weight excluding hydrogens is 198 g/mol. The summed E-state index contributed by atoms with van der Waals surface area (Å²) in [5.74, 6) is -1.30. The number of aliphatic carboxylic acids is 1. The van der Waals surface area contributed by atoms with Gasteiger partial charge in [-0.05, 0) is 13.8 Å². The zero-order valence-electron chi connectivity index (χ0n) is 8.64. The van der Waals surface area contributed by atoms with Crippen LogP contribution in [-0.2, 0) is 14.4 Å². The molecule has 0 saturated carbocycles. The Kier molecular flexibility index (Phi) is 5.70. The summed E-state index contributed by atoms with van der Waals surface area (Å²) in [4.78, 5) is 32.0. The molecule has 0 fully saturated rings. The summed E-state index contributed by atoms with van der Waals surface area (Å²) < 4.78 is 0. The minimum Gasteiger partial charge on any atom is -0.478 e. The molecule has 2 amide bonds. The molecule has 0 bridgehead atoms. The van der Waals surface area contributed by atoms with Crippen molar-refractivity contribution in [3.8, 4) is 0 Å². The summed E-state index contributed by atoms with van der Waals surface area (Å²) in [6, 6.07) is 0. The van der Waals surface area contributed by atoms with Crippen LogP contribution in [0.15, 0.2) is 24.3 Å². The third-order valence-electron chi connectivity index (χ3n) is 1.53. The van der Waals surface area contributed by atoms with Gasteiger partial charge in [-0.2, -0.15) is 0 Å². The highest BCUT2D eigenvalue weighted by atomic mass is 16.4. The number of carboxylic acid groups (broad SMARTS) is 1. The van der Waals surface area contributed by atoms with E-state index in [1.54, 1.807) is 13.8 Å². The van der Waals surface area contributed by atoms with Crippen LogP contribution in [0.2, 0.25) is 0 Å². The summed E-state index contributed by atoms with van der Waals surface area (Å²) in [5, 5.41) is 7.83. The molecule has 0 unspecified atom stereocenters. The molecule has 82 valence electrons. The molecule has 0 radical (unpaired) electrons. The van der Waals surface area contributed by atoms with Crippen LogP contribution >= 0.6 is 0 Å². The Bertz CT molecular complexity index is 299. The number of rotatable bonds is 2. The van der Waals surface area contributed by atoms with E-state index >= 15 is 0 Å². The second-order valence-corrected chi connectivity index (χ2v) is 2.59. The summed E-state index contributed by atoms with van der Waals surface area (Å²) in [7, 11) is 0. The predicted octanol–water partition coefficient (Wildman–Crippen LogP) is 0.578. The number of imide groups is 1. The summed E-state index contributed by atoms with van der Waals surface area (Å²) in [6.07, 6.45) is 5.12. The molecule has 1 heterocycles. The first-order valence-corrected chi connectivity index (χ1v) is 4.42. The minimum atomic E-state index is -0.891. The average molecular weight is 211 g/mol. The molecular formula is C10H13NO4. The molecule has 0 aromatic rings. The van der Waals surface area contributed by atoms with Crippen molar-refractivity contribution < 1.29 is 19.5 Å². The Morgan fingerprint density at radius 2 is 1.87 bits per heavy atom. The highest BCUT2D eigenvalue weighted by Gasteiger charge is 2.20. The van der Waals surface area contributed by atoms with Crippen molar-refractivity contribution in [2.45, 2.75) is 13.8 Å². The number of nitrogens with zero attached hydrogens (tertiary/aromatic N) is 1. The topological polar surface area (TPSA) is 74.7 Å². The minimum absolute atomic E-state index is 0.206. The molecule has 5 heteroatoms. The Labute approximate surface area is 87.7 Å². The Hall–Kier alpha value is -1.91. The van der Waals surface area contributed by atoms with E-state index in [1.165, 1.54) is 23.1 Å². The highest BCUT2D eigenvalue weighted by Crippen LogP contribution is 2.00. The molecule has 0 saturated heterocycles. The largest absolute Gasteiger partial charge is 0.478 e. The molecule has 15 heavy (non-hydrogen) atoms. The summed E-state index contributed by atoms with van der Waals surface area (Å²) in [5.41, 5.74) is 0. The fourth-order valence-corrected chi connectivity index (χ4v) is 0.885. The molecule has 5 nitrogen and oxygen atoms in total. The maximum Gasteiger partial charge on any atom is 0.327 e. The van der Waals surface area contributed by atoms with E-state index in [9.17, 15) is 14.4 Å².